The average Bonchev–Trinajstić information content (AvgIpc) is 2.39. The molecule has 92 valence electrons. The van der Waals surface area contributed by atoms with Gasteiger partial charge in [0.25, 0.3) is 0 Å². The van der Waals surface area contributed by atoms with Crippen LogP contribution in [0.4, 0.5) is 17.5 Å². The molecule has 0 saturated carbocycles. The van der Waals surface area contributed by atoms with Gasteiger partial charge in [-0.1, -0.05) is 6.07 Å². The van der Waals surface area contributed by atoms with Gasteiger partial charge in [0.1, 0.15) is 5.82 Å². The quantitative estimate of drug-likeness (QED) is 0.742. The van der Waals surface area contributed by atoms with Gasteiger partial charge in [-0.3, -0.25) is 0 Å². The Labute approximate surface area is 105 Å². The Kier molecular flexibility index (Phi) is 2.82. The highest BCUT2D eigenvalue weighted by atomic mass is 15.1. The molecule has 1 aliphatic heterocycles. The van der Waals surface area contributed by atoms with Crippen molar-refractivity contribution in [2.24, 2.45) is 0 Å². The van der Waals surface area contributed by atoms with Gasteiger partial charge in [-0.05, 0) is 42.3 Å². The lowest BCUT2D eigenvalue weighted by Gasteiger charge is -2.18. The van der Waals surface area contributed by atoms with E-state index in [2.05, 4.69) is 38.8 Å². The Morgan fingerprint density at radius 1 is 1.22 bits per heavy atom. The summed E-state index contributed by atoms with van der Waals surface area (Å²) in [5.41, 5.74) is 9.35. The minimum atomic E-state index is 0.465. The second-order valence-electron chi connectivity index (χ2n) is 4.34. The number of hydrogen-bond donors (Lipinski definition) is 3. The molecule has 4 N–H and O–H groups in total. The zero-order valence-corrected chi connectivity index (χ0v) is 9.98. The number of benzene rings is 1. The van der Waals surface area contributed by atoms with Crippen LogP contribution in [0, 0.1) is 0 Å². The molecule has 0 atom stereocenters. The molecular formula is C13H15N5. The van der Waals surface area contributed by atoms with Gasteiger partial charge in [-0.2, -0.15) is 4.98 Å². The van der Waals surface area contributed by atoms with Crippen molar-refractivity contribution in [2.45, 2.75) is 13.0 Å². The van der Waals surface area contributed by atoms with E-state index >= 15 is 0 Å². The smallest absolute Gasteiger partial charge is 0.229 e. The zero-order valence-electron chi connectivity index (χ0n) is 9.98. The van der Waals surface area contributed by atoms with Crippen molar-refractivity contribution in [1.82, 2.24) is 15.3 Å². The number of anilines is 3. The van der Waals surface area contributed by atoms with Crippen LogP contribution in [0.3, 0.4) is 0 Å². The summed E-state index contributed by atoms with van der Waals surface area (Å²) in [4.78, 5) is 8.25. The van der Waals surface area contributed by atoms with Crippen LogP contribution in [0.15, 0.2) is 30.5 Å². The molecule has 0 fully saturated rings. The zero-order chi connectivity index (χ0) is 12.4. The number of hydrogen-bond acceptors (Lipinski definition) is 5. The molecule has 5 nitrogen and oxygen atoms in total. The molecule has 0 spiro atoms. The third-order valence-electron chi connectivity index (χ3n) is 3.03. The van der Waals surface area contributed by atoms with Gasteiger partial charge in [-0.15, -0.1) is 0 Å². The molecule has 0 radical (unpaired) electrons. The molecule has 0 saturated heterocycles. The van der Waals surface area contributed by atoms with Crippen molar-refractivity contribution < 1.29 is 0 Å². The van der Waals surface area contributed by atoms with Gasteiger partial charge < -0.3 is 16.4 Å². The first-order chi connectivity index (χ1) is 8.81. The molecule has 1 aliphatic rings. The van der Waals surface area contributed by atoms with Gasteiger partial charge >= 0.3 is 0 Å². The summed E-state index contributed by atoms with van der Waals surface area (Å²) in [6.45, 7) is 1.97. The Morgan fingerprint density at radius 2 is 2.17 bits per heavy atom. The summed E-state index contributed by atoms with van der Waals surface area (Å²) in [6.07, 6.45) is 2.73. The number of nitrogens with zero attached hydrogens (tertiary/aromatic N) is 2. The Balaban J connectivity index is 1.85. The normalized spacial score (nSPS) is 14.0. The van der Waals surface area contributed by atoms with Crippen LogP contribution in [-0.4, -0.2) is 16.5 Å². The fourth-order valence-corrected chi connectivity index (χ4v) is 2.12. The molecule has 0 unspecified atom stereocenters. The first-order valence-corrected chi connectivity index (χ1v) is 5.99. The number of nitrogens with two attached hydrogens (primary N) is 1. The van der Waals surface area contributed by atoms with E-state index in [4.69, 9.17) is 5.73 Å². The highest BCUT2D eigenvalue weighted by Gasteiger charge is 2.09. The van der Waals surface area contributed by atoms with E-state index in [0.717, 1.165) is 25.2 Å². The van der Waals surface area contributed by atoms with Crippen molar-refractivity contribution in [2.75, 3.05) is 17.6 Å². The van der Waals surface area contributed by atoms with Crippen LogP contribution in [0.1, 0.15) is 11.1 Å². The van der Waals surface area contributed by atoms with E-state index < -0.39 is 0 Å². The molecule has 2 aromatic rings. The third kappa shape index (κ3) is 2.26. The SMILES string of the molecule is Nc1ccnc(Nc2ccc3c(c2)CNCC3)n1. The lowest BCUT2D eigenvalue weighted by molar-refractivity contribution is 0.644. The standard InChI is InChI=1S/C13H15N5/c14-12-4-6-16-13(18-12)17-11-2-1-9-3-5-15-8-10(9)7-11/h1-2,4,6-7,15H,3,5,8H2,(H3,14,16,17,18). The van der Waals surface area contributed by atoms with Gasteiger partial charge in [0, 0.05) is 18.4 Å². The molecule has 0 aliphatic carbocycles. The Bertz CT molecular complexity index is 567. The summed E-state index contributed by atoms with van der Waals surface area (Å²) >= 11 is 0. The first kappa shape index (κ1) is 11.0. The number of nitrogen functional groups attached to an aromatic ring is 1. The van der Waals surface area contributed by atoms with E-state index in [1.54, 1.807) is 12.3 Å². The third-order valence-corrected chi connectivity index (χ3v) is 3.03. The molecular weight excluding hydrogens is 226 g/mol. The van der Waals surface area contributed by atoms with Crippen molar-refractivity contribution in [3.05, 3.63) is 41.6 Å². The summed E-state index contributed by atoms with van der Waals surface area (Å²) in [7, 11) is 0. The Hall–Kier alpha value is -2.14. The summed E-state index contributed by atoms with van der Waals surface area (Å²) < 4.78 is 0. The summed E-state index contributed by atoms with van der Waals surface area (Å²) in [5, 5.41) is 6.53. The maximum absolute atomic E-state index is 5.62. The monoisotopic (exact) mass is 241 g/mol. The fourth-order valence-electron chi connectivity index (χ4n) is 2.12. The first-order valence-electron chi connectivity index (χ1n) is 5.99. The lowest BCUT2D eigenvalue weighted by Crippen LogP contribution is -2.23. The second-order valence-corrected chi connectivity index (χ2v) is 4.34. The molecule has 0 amide bonds. The van der Waals surface area contributed by atoms with Crippen molar-refractivity contribution in [3.8, 4) is 0 Å². The van der Waals surface area contributed by atoms with Crippen molar-refractivity contribution in [1.29, 1.82) is 0 Å². The van der Waals surface area contributed by atoms with E-state index in [0.29, 0.717) is 11.8 Å². The highest BCUT2D eigenvalue weighted by Crippen LogP contribution is 2.20. The van der Waals surface area contributed by atoms with Gasteiger partial charge in [0.15, 0.2) is 0 Å². The van der Waals surface area contributed by atoms with Crippen LogP contribution < -0.4 is 16.4 Å². The van der Waals surface area contributed by atoms with Crippen LogP contribution in [0.2, 0.25) is 0 Å². The predicted octanol–water partition coefficient (Wildman–Crippen LogP) is 1.45. The maximum atomic E-state index is 5.62. The van der Waals surface area contributed by atoms with Crippen molar-refractivity contribution in [3.63, 3.8) is 0 Å². The van der Waals surface area contributed by atoms with Crippen LogP contribution in [0.25, 0.3) is 0 Å². The number of aromatic nitrogens is 2. The van der Waals surface area contributed by atoms with E-state index in [1.165, 1.54) is 11.1 Å². The minimum Gasteiger partial charge on any atom is -0.384 e. The summed E-state index contributed by atoms with van der Waals surface area (Å²) in [5.74, 6) is 0.992. The van der Waals surface area contributed by atoms with E-state index in [-0.39, 0.29) is 0 Å². The maximum Gasteiger partial charge on any atom is 0.229 e. The largest absolute Gasteiger partial charge is 0.384 e. The molecule has 5 heteroatoms. The average molecular weight is 241 g/mol. The van der Waals surface area contributed by atoms with E-state index in [9.17, 15) is 0 Å². The Morgan fingerprint density at radius 3 is 3.06 bits per heavy atom. The minimum absolute atomic E-state index is 0.465. The molecule has 1 aromatic carbocycles. The van der Waals surface area contributed by atoms with Crippen molar-refractivity contribution >= 4 is 17.5 Å². The van der Waals surface area contributed by atoms with Gasteiger partial charge in [-0.25, -0.2) is 4.98 Å². The van der Waals surface area contributed by atoms with E-state index in [1.807, 2.05) is 0 Å². The molecule has 1 aromatic heterocycles. The predicted molar refractivity (Wildman–Crippen MR) is 71.6 cm³/mol. The molecule has 2 heterocycles. The lowest BCUT2D eigenvalue weighted by atomic mass is 10.0. The fraction of sp³-hybridized carbons (Fsp3) is 0.231. The second kappa shape index (κ2) is 4.62. The van der Waals surface area contributed by atoms with Crippen LogP contribution in [-0.2, 0) is 13.0 Å². The molecule has 0 bridgehead atoms. The molecule has 3 rings (SSSR count). The number of fused-ring (bicyclic) bond motifs is 1. The van der Waals surface area contributed by atoms with Gasteiger partial charge in [0.05, 0.1) is 0 Å². The summed E-state index contributed by atoms with van der Waals surface area (Å²) in [6, 6.07) is 8.01. The molecule has 18 heavy (non-hydrogen) atoms. The van der Waals surface area contributed by atoms with Gasteiger partial charge in [0.2, 0.25) is 5.95 Å². The van der Waals surface area contributed by atoms with Crippen LogP contribution >= 0.6 is 0 Å². The van der Waals surface area contributed by atoms with Crippen LogP contribution in [0.5, 0.6) is 0 Å². The number of rotatable bonds is 2. The topological polar surface area (TPSA) is 75.9 Å². The highest BCUT2D eigenvalue weighted by molar-refractivity contribution is 5.57. The number of nitrogens with one attached hydrogen (secondary N) is 2.